The molecule has 2 aromatic rings. The third kappa shape index (κ3) is 4.53. The van der Waals surface area contributed by atoms with Crippen molar-refractivity contribution in [3.05, 3.63) is 30.0 Å². The summed E-state index contributed by atoms with van der Waals surface area (Å²) < 4.78 is 31.9. The largest absolute Gasteiger partial charge is 0.495 e. The Morgan fingerprint density at radius 2 is 1.89 bits per heavy atom. The molecule has 0 spiro atoms. The van der Waals surface area contributed by atoms with Crippen molar-refractivity contribution >= 4 is 15.9 Å². The van der Waals surface area contributed by atoms with Crippen molar-refractivity contribution in [1.82, 2.24) is 20.2 Å². The average molecular weight is 407 g/mol. The van der Waals surface area contributed by atoms with Gasteiger partial charge in [0.1, 0.15) is 16.3 Å². The SMILES string of the molecule is CNS(=O)(=O)c1cc(-c2cc(C(=O)NC3CCCCCC3)[nH]n2)ccc1OC. The van der Waals surface area contributed by atoms with E-state index in [-0.39, 0.29) is 22.6 Å². The Bertz CT molecular complexity index is 931. The molecule has 1 aromatic heterocycles. The van der Waals surface area contributed by atoms with Gasteiger partial charge in [-0.25, -0.2) is 13.1 Å². The number of carbonyl (C=O) groups excluding carboxylic acids is 1. The number of amides is 1. The molecule has 1 amide bonds. The van der Waals surface area contributed by atoms with E-state index in [9.17, 15) is 13.2 Å². The minimum absolute atomic E-state index is 0.0162. The zero-order valence-electron chi connectivity index (χ0n) is 16.1. The van der Waals surface area contributed by atoms with Gasteiger partial charge in [0.2, 0.25) is 10.0 Å². The fourth-order valence-electron chi connectivity index (χ4n) is 3.43. The van der Waals surface area contributed by atoms with Gasteiger partial charge >= 0.3 is 0 Å². The molecule has 1 saturated carbocycles. The standard InChI is InChI=1S/C19H26N4O4S/c1-20-28(25,26)18-11-13(9-10-17(18)27-2)15-12-16(23-22-15)19(24)21-14-7-5-3-4-6-8-14/h9-12,14,20H,3-8H2,1-2H3,(H,21,24)(H,22,23). The predicted octanol–water partition coefficient (Wildman–Crippen LogP) is 2.45. The smallest absolute Gasteiger partial charge is 0.269 e. The number of sulfonamides is 1. The Hall–Kier alpha value is -2.39. The molecule has 0 unspecified atom stereocenters. The molecule has 1 aliphatic rings. The summed E-state index contributed by atoms with van der Waals surface area (Å²) >= 11 is 0. The molecule has 28 heavy (non-hydrogen) atoms. The molecular weight excluding hydrogens is 380 g/mol. The Morgan fingerprint density at radius 1 is 1.18 bits per heavy atom. The highest BCUT2D eigenvalue weighted by Gasteiger charge is 2.21. The fraction of sp³-hybridized carbons (Fsp3) is 0.474. The van der Waals surface area contributed by atoms with E-state index in [4.69, 9.17) is 4.74 Å². The van der Waals surface area contributed by atoms with Crippen LogP contribution in [0.3, 0.4) is 0 Å². The summed E-state index contributed by atoms with van der Waals surface area (Å²) in [6.45, 7) is 0. The van der Waals surface area contributed by atoms with Gasteiger partial charge in [-0.15, -0.1) is 0 Å². The molecule has 0 aliphatic heterocycles. The maximum absolute atomic E-state index is 12.5. The van der Waals surface area contributed by atoms with Crippen molar-refractivity contribution in [3.8, 4) is 17.0 Å². The predicted molar refractivity (Wildman–Crippen MR) is 106 cm³/mol. The zero-order chi connectivity index (χ0) is 20.1. The molecule has 3 rings (SSSR count). The summed E-state index contributed by atoms with van der Waals surface area (Å²) in [7, 11) is -0.946. The van der Waals surface area contributed by atoms with Gasteiger partial charge in [-0.2, -0.15) is 5.10 Å². The van der Waals surface area contributed by atoms with Gasteiger partial charge in [0.05, 0.1) is 12.8 Å². The van der Waals surface area contributed by atoms with Gasteiger partial charge in [-0.3, -0.25) is 9.89 Å². The number of H-pyrrole nitrogens is 1. The highest BCUT2D eigenvalue weighted by Crippen LogP contribution is 2.29. The summed E-state index contributed by atoms with van der Waals surface area (Å²) in [6.07, 6.45) is 6.69. The van der Waals surface area contributed by atoms with E-state index in [2.05, 4.69) is 20.2 Å². The second-order valence-electron chi connectivity index (χ2n) is 6.90. The molecule has 1 aliphatic carbocycles. The van der Waals surface area contributed by atoms with E-state index in [1.807, 2.05) is 0 Å². The number of aromatic nitrogens is 2. The quantitative estimate of drug-likeness (QED) is 0.638. The van der Waals surface area contributed by atoms with Crippen LogP contribution in [0.15, 0.2) is 29.2 Å². The first-order valence-electron chi connectivity index (χ1n) is 9.43. The van der Waals surface area contributed by atoms with E-state index >= 15 is 0 Å². The molecule has 1 aromatic carbocycles. The van der Waals surface area contributed by atoms with Gasteiger partial charge in [0.15, 0.2) is 0 Å². The van der Waals surface area contributed by atoms with E-state index in [1.54, 1.807) is 18.2 Å². The van der Waals surface area contributed by atoms with Crippen molar-refractivity contribution in [3.63, 3.8) is 0 Å². The highest BCUT2D eigenvalue weighted by molar-refractivity contribution is 7.89. The first kappa shape index (κ1) is 20.3. The Labute approximate surface area is 165 Å². The molecular formula is C19H26N4O4S. The summed E-state index contributed by atoms with van der Waals surface area (Å²) in [4.78, 5) is 12.6. The van der Waals surface area contributed by atoms with Crippen molar-refractivity contribution in [2.24, 2.45) is 0 Å². The molecule has 9 heteroatoms. The lowest BCUT2D eigenvalue weighted by Gasteiger charge is -2.15. The van der Waals surface area contributed by atoms with Crippen LogP contribution < -0.4 is 14.8 Å². The van der Waals surface area contributed by atoms with E-state index in [1.165, 1.54) is 33.1 Å². The number of aromatic amines is 1. The summed E-state index contributed by atoms with van der Waals surface area (Å²) in [6, 6.07) is 6.57. The molecule has 152 valence electrons. The van der Waals surface area contributed by atoms with Crippen molar-refractivity contribution < 1.29 is 17.9 Å². The maximum Gasteiger partial charge on any atom is 0.269 e. The van der Waals surface area contributed by atoms with Crippen LogP contribution in [0, 0.1) is 0 Å². The van der Waals surface area contributed by atoms with Crippen LogP contribution in [-0.4, -0.2) is 44.7 Å². The number of nitrogens with one attached hydrogen (secondary N) is 3. The number of benzene rings is 1. The molecule has 0 bridgehead atoms. The Balaban J connectivity index is 1.81. The first-order valence-corrected chi connectivity index (χ1v) is 10.9. The van der Waals surface area contributed by atoms with Gasteiger partial charge in [0, 0.05) is 11.6 Å². The van der Waals surface area contributed by atoms with Crippen LogP contribution in [0.25, 0.3) is 11.3 Å². The molecule has 3 N–H and O–H groups in total. The third-order valence-electron chi connectivity index (χ3n) is 5.03. The van der Waals surface area contributed by atoms with Crippen LogP contribution in [-0.2, 0) is 10.0 Å². The number of nitrogens with zero attached hydrogens (tertiary/aromatic N) is 1. The molecule has 0 atom stereocenters. The second-order valence-corrected chi connectivity index (χ2v) is 8.76. The summed E-state index contributed by atoms with van der Waals surface area (Å²) in [5.41, 5.74) is 1.41. The Morgan fingerprint density at radius 3 is 2.54 bits per heavy atom. The van der Waals surface area contributed by atoms with Crippen LogP contribution in [0.4, 0.5) is 0 Å². The average Bonchev–Trinajstić information content (AvgIpc) is 3.06. The minimum Gasteiger partial charge on any atom is -0.495 e. The zero-order valence-corrected chi connectivity index (χ0v) is 16.9. The van der Waals surface area contributed by atoms with Gasteiger partial charge in [-0.1, -0.05) is 25.7 Å². The summed E-state index contributed by atoms with van der Waals surface area (Å²) in [5, 5.41) is 10.0. The molecule has 1 heterocycles. The lowest BCUT2D eigenvalue weighted by molar-refractivity contribution is 0.0928. The van der Waals surface area contributed by atoms with Crippen molar-refractivity contribution in [1.29, 1.82) is 0 Å². The van der Waals surface area contributed by atoms with Crippen molar-refractivity contribution in [2.75, 3.05) is 14.2 Å². The van der Waals surface area contributed by atoms with E-state index < -0.39 is 10.0 Å². The minimum atomic E-state index is -3.70. The number of hydrogen-bond acceptors (Lipinski definition) is 5. The van der Waals surface area contributed by atoms with Gasteiger partial charge < -0.3 is 10.1 Å². The number of methoxy groups -OCH3 is 1. The molecule has 1 fully saturated rings. The number of hydrogen-bond donors (Lipinski definition) is 3. The summed E-state index contributed by atoms with van der Waals surface area (Å²) in [5.74, 6) is 0.0437. The van der Waals surface area contributed by atoms with Crippen molar-refractivity contribution in [2.45, 2.75) is 49.5 Å². The molecule has 0 radical (unpaired) electrons. The van der Waals surface area contributed by atoms with Crippen LogP contribution in [0.2, 0.25) is 0 Å². The van der Waals surface area contributed by atoms with Crippen LogP contribution in [0.1, 0.15) is 49.0 Å². The van der Waals surface area contributed by atoms with Crippen LogP contribution in [0.5, 0.6) is 5.75 Å². The molecule has 0 saturated heterocycles. The molecule has 8 nitrogen and oxygen atoms in total. The Kier molecular flexibility index (Phi) is 6.35. The lowest BCUT2D eigenvalue weighted by atomic mass is 10.1. The second kappa shape index (κ2) is 8.74. The third-order valence-corrected chi connectivity index (χ3v) is 6.47. The first-order chi connectivity index (χ1) is 13.4. The normalized spacial score (nSPS) is 15.8. The maximum atomic E-state index is 12.5. The highest BCUT2D eigenvalue weighted by atomic mass is 32.2. The van der Waals surface area contributed by atoms with E-state index in [0.717, 1.165) is 25.7 Å². The lowest BCUT2D eigenvalue weighted by Crippen LogP contribution is -2.34. The van der Waals surface area contributed by atoms with E-state index in [0.29, 0.717) is 17.0 Å². The van der Waals surface area contributed by atoms with Gasteiger partial charge in [0.25, 0.3) is 5.91 Å². The monoisotopic (exact) mass is 406 g/mol. The number of ether oxygens (including phenoxy) is 1. The number of rotatable bonds is 6. The topological polar surface area (TPSA) is 113 Å². The fourth-order valence-corrected chi connectivity index (χ4v) is 4.35. The number of carbonyl (C=O) groups is 1. The van der Waals surface area contributed by atoms with Gasteiger partial charge in [-0.05, 0) is 44.2 Å². The van der Waals surface area contributed by atoms with Crippen LogP contribution >= 0.6 is 0 Å².